The molecule has 1 aromatic carbocycles. The topological polar surface area (TPSA) is 48.0 Å². The van der Waals surface area contributed by atoms with Crippen LogP contribution in [0.4, 0.5) is 5.69 Å². The van der Waals surface area contributed by atoms with Crippen LogP contribution < -0.4 is 11.3 Å². The van der Waals surface area contributed by atoms with Gasteiger partial charge >= 0.3 is 0 Å². The number of halogens is 1. The highest BCUT2D eigenvalue weighted by Crippen LogP contribution is 2.15. The molecule has 0 aliphatic carbocycles. The van der Waals surface area contributed by atoms with Crippen LogP contribution in [0.25, 0.3) is 5.69 Å². The second-order valence-electron chi connectivity index (χ2n) is 3.75. The molecule has 0 saturated heterocycles. The zero-order valence-corrected chi connectivity index (χ0v) is 11.1. The van der Waals surface area contributed by atoms with Crippen LogP contribution in [0, 0.1) is 0 Å². The lowest BCUT2D eigenvalue weighted by atomic mass is 10.2. The Morgan fingerprint density at radius 3 is 2.41 bits per heavy atom. The molecule has 0 amide bonds. The highest BCUT2D eigenvalue weighted by molar-refractivity contribution is 9.10. The number of pyridine rings is 1. The molecule has 0 bridgehead atoms. The minimum atomic E-state index is -0.160. The van der Waals surface area contributed by atoms with E-state index in [0.29, 0.717) is 0 Å². The van der Waals surface area contributed by atoms with Crippen molar-refractivity contribution in [2.45, 2.75) is 13.3 Å². The Bertz CT molecular complexity index is 587. The largest absolute Gasteiger partial charge is 0.394 e. The maximum atomic E-state index is 12.1. The van der Waals surface area contributed by atoms with E-state index in [0.717, 1.165) is 22.3 Å². The Kier molecular flexibility index (Phi) is 3.33. The first-order valence-corrected chi connectivity index (χ1v) is 6.19. The molecule has 88 valence electrons. The minimum Gasteiger partial charge on any atom is -0.394 e. The van der Waals surface area contributed by atoms with Gasteiger partial charge in [-0.2, -0.15) is 0 Å². The van der Waals surface area contributed by atoms with Crippen LogP contribution in [0.3, 0.4) is 0 Å². The highest BCUT2D eigenvalue weighted by Gasteiger charge is 2.07. The van der Waals surface area contributed by atoms with Gasteiger partial charge in [-0.1, -0.05) is 22.9 Å². The molecule has 0 atom stereocenters. The SMILES string of the molecule is CCc1ccc(N)c(=O)n1-c1ccc(Br)cc1. The summed E-state index contributed by atoms with van der Waals surface area (Å²) >= 11 is 3.37. The van der Waals surface area contributed by atoms with Crippen molar-refractivity contribution in [1.29, 1.82) is 0 Å². The number of anilines is 1. The van der Waals surface area contributed by atoms with Gasteiger partial charge in [-0.3, -0.25) is 9.36 Å². The predicted octanol–water partition coefficient (Wildman–Crippen LogP) is 2.74. The van der Waals surface area contributed by atoms with Crippen LogP contribution >= 0.6 is 15.9 Å². The van der Waals surface area contributed by atoms with Crippen molar-refractivity contribution < 1.29 is 0 Å². The first kappa shape index (κ1) is 11.9. The summed E-state index contributed by atoms with van der Waals surface area (Å²) in [6.07, 6.45) is 0.783. The first-order chi connectivity index (χ1) is 8.13. The fraction of sp³-hybridized carbons (Fsp3) is 0.154. The Hall–Kier alpha value is -1.55. The molecule has 2 rings (SSSR count). The summed E-state index contributed by atoms with van der Waals surface area (Å²) in [5, 5.41) is 0. The van der Waals surface area contributed by atoms with Crippen LogP contribution in [-0.4, -0.2) is 4.57 Å². The van der Waals surface area contributed by atoms with Crippen LogP contribution in [0.5, 0.6) is 0 Å². The van der Waals surface area contributed by atoms with E-state index in [4.69, 9.17) is 5.73 Å². The number of nitrogens with two attached hydrogens (primary N) is 1. The average molecular weight is 293 g/mol. The number of nitrogens with zero attached hydrogens (tertiary/aromatic N) is 1. The molecule has 4 heteroatoms. The molecule has 3 nitrogen and oxygen atoms in total. The third-order valence-corrected chi connectivity index (χ3v) is 3.17. The van der Waals surface area contributed by atoms with Gasteiger partial charge in [-0.15, -0.1) is 0 Å². The number of rotatable bonds is 2. The van der Waals surface area contributed by atoms with Crippen molar-refractivity contribution in [3.8, 4) is 5.69 Å². The van der Waals surface area contributed by atoms with E-state index in [1.165, 1.54) is 0 Å². The van der Waals surface area contributed by atoms with Gasteiger partial charge in [0.25, 0.3) is 5.56 Å². The third-order valence-electron chi connectivity index (χ3n) is 2.64. The lowest BCUT2D eigenvalue weighted by Crippen LogP contribution is -2.23. The van der Waals surface area contributed by atoms with Crippen LogP contribution in [0.1, 0.15) is 12.6 Å². The molecular formula is C13H13BrN2O. The normalized spacial score (nSPS) is 10.5. The molecule has 17 heavy (non-hydrogen) atoms. The van der Waals surface area contributed by atoms with Gasteiger partial charge < -0.3 is 5.73 Å². The molecule has 1 heterocycles. The van der Waals surface area contributed by atoms with Crippen molar-refractivity contribution in [2.75, 3.05) is 5.73 Å². The lowest BCUT2D eigenvalue weighted by molar-refractivity contribution is 0.879. The third kappa shape index (κ3) is 2.26. The average Bonchev–Trinajstić information content (AvgIpc) is 2.34. The Morgan fingerprint density at radius 2 is 1.82 bits per heavy atom. The maximum absolute atomic E-state index is 12.1. The van der Waals surface area contributed by atoms with Gasteiger partial charge in [-0.05, 0) is 42.8 Å². The van der Waals surface area contributed by atoms with E-state index in [-0.39, 0.29) is 11.2 Å². The summed E-state index contributed by atoms with van der Waals surface area (Å²) < 4.78 is 2.64. The lowest BCUT2D eigenvalue weighted by Gasteiger charge is -2.12. The van der Waals surface area contributed by atoms with E-state index in [1.54, 1.807) is 10.6 Å². The smallest absolute Gasteiger partial charge is 0.278 e. The Balaban J connectivity index is 2.69. The van der Waals surface area contributed by atoms with E-state index in [1.807, 2.05) is 37.3 Å². The van der Waals surface area contributed by atoms with Crippen molar-refractivity contribution in [2.24, 2.45) is 0 Å². The number of nitrogen functional groups attached to an aromatic ring is 1. The van der Waals surface area contributed by atoms with Gasteiger partial charge in [0, 0.05) is 15.9 Å². The number of hydrogen-bond donors (Lipinski definition) is 1. The van der Waals surface area contributed by atoms with Gasteiger partial charge in [-0.25, -0.2) is 0 Å². The number of aryl methyl sites for hydroxylation is 1. The van der Waals surface area contributed by atoms with Gasteiger partial charge in [0.1, 0.15) is 0 Å². The molecule has 0 radical (unpaired) electrons. The molecule has 1 aromatic heterocycles. The summed E-state index contributed by atoms with van der Waals surface area (Å²) in [7, 11) is 0. The second kappa shape index (κ2) is 4.75. The molecule has 0 aliphatic rings. The molecule has 0 saturated carbocycles. The van der Waals surface area contributed by atoms with Crippen molar-refractivity contribution in [3.63, 3.8) is 0 Å². The van der Waals surface area contributed by atoms with Crippen LogP contribution in [0.2, 0.25) is 0 Å². The predicted molar refractivity (Wildman–Crippen MR) is 73.5 cm³/mol. The van der Waals surface area contributed by atoms with E-state index in [2.05, 4.69) is 15.9 Å². The Morgan fingerprint density at radius 1 is 1.18 bits per heavy atom. The molecule has 2 aromatic rings. The molecule has 0 spiro atoms. The summed E-state index contributed by atoms with van der Waals surface area (Å²) in [4.78, 5) is 12.1. The van der Waals surface area contributed by atoms with Gasteiger partial charge in [0.05, 0.1) is 5.69 Å². The highest BCUT2D eigenvalue weighted by atomic mass is 79.9. The van der Waals surface area contributed by atoms with E-state index < -0.39 is 0 Å². The van der Waals surface area contributed by atoms with Gasteiger partial charge in [0.15, 0.2) is 0 Å². The molecule has 0 aliphatic heterocycles. The number of hydrogen-bond acceptors (Lipinski definition) is 2. The number of aromatic nitrogens is 1. The van der Waals surface area contributed by atoms with E-state index >= 15 is 0 Å². The number of benzene rings is 1. The molecule has 2 N–H and O–H groups in total. The molecular weight excluding hydrogens is 280 g/mol. The standard InChI is InChI=1S/C13H13BrN2O/c1-2-10-7-8-12(15)13(17)16(10)11-5-3-9(14)4-6-11/h3-8H,2,15H2,1H3. The van der Waals surface area contributed by atoms with Crippen molar-refractivity contribution in [1.82, 2.24) is 4.57 Å². The Labute approximate surface area is 108 Å². The minimum absolute atomic E-state index is 0.160. The molecule has 0 fully saturated rings. The van der Waals surface area contributed by atoms with Crippen LogP contribution in [-0.2, 0) is 6.42 Å². The fourth-order valence-electron chi connectivity index (χ4n) is 1.74. The zero-order valence-electron chi connectivity index (χ0n) is 9.48. The first-order valence-electron chi connectivity index (χ1n) is 5.40. The van der Waals surface area contributed by atoms with Crippen molar-refractivity contribution in [3.05, 3.63) is 56.9 Å². The molecule has 0 unspecified atom stereocenters. The summed E-state index contributed by atoms with van der Waals surface area (Å²) in [5.41, 5.74) is 7.56. The summed E-state index contributed by atoms with van der Waals surface area (Å²) in [6.45, 7) is 2.01. The fourth-order valence-corrected chi connectivity index (χ4v) is 2.00. The summed E-state index contributed by atoms with van der Waals surface area (Å²) in [5.74, 6) is 0. The second-order valence-corrected chi connectivity index (χ2v) is 4.67. The van der Waals surface area contributed by atoms with Gasteiger partial charge in [0.2, 0.25) is 0 Å². The van der Waals surface area contributed by atoms with E-state index in [9.17, 15) is 4.79 Å². The monoisotopic (exact) mass is 292 g/mol. The van der Waals surface area contributed by atoms with Crippen molar-refractivity contribution >= 4 is 21.6 Å². The quantitative estimate of drug-likeness (QED) is 0.925. The zero-order chi connectivity index (χ0) is 12.4. The maximum Gasteiger partial charge on any atom is 0.278 e. The van der Waals surface area contributed by atoms with Crippen LogP contribution in [0.15, 0.2) is 45.7 Å². The summed E-state index contributed by atoms with van der Waals surface area (Å²) in [6, 6.07) is 11.2.